The molecule has 0 saturated heterocycles. The fraction of sp³-hybridized carbons (Fsp3) is 0.111. The van der Waals surface area contributed by atoms with Crippen LogP contribution in [0.15, 0.2) is 54.6 Å². The molecule has 0 aliphatic carbocycles. The predicted octanol–water partition coefficient (Wildman–Crippen LogP) is 5.87. The molecule has 0 aliphatic heterocycles. The molecule has 0 atom stereocenters. The standard InChI is InChI=1S/C18H13ClF3N3/c1-11-9-14(12-5-4-6-13(10-12)18(20,21)22)17(25-24-11)23-16-8-3-2-7-15(16)19/h2-10H,1H3,(H,23,25). The molecule has 0 fully saturated rings. The number of aromatic nitrogens is 2. The van der Waals surface area contributed by atoms with Gasteiger partial charge in [-0.25, -0.2) is 0 Å². The van der Waals surface area contributed by atoms with Crippen molar-refractivity contribution in [2.45, 2.75) is 13.1 Å². The topological polar surface area (TPSA) is 37.8 Å². The lowest BCUT2D eigenvalue weighted by Gasteiger charge is -2.14. The minimum atomic E-state index is -4.41. The van der Waals surface area contributed by atoms with Crippen molar-refractivity contribution < 1.29 is 13.2 Å². The highest BCUT2D eigenvalue weighted by Gasteiger charge is 2.30. The zero-order chi connectivity index (χ0) is 18.0. The molecule has 2 aromatic carbocycles. The maximum atomic E-state index is 13.0. The van der Waals surface area contributed by atoms with Gasteiger partial charge in [-0.3, -0.25) is 0 Å². The molecule has 0 spiro atoms. The average Bonchev–Trinajstić information content (AvgIpc) is 2.58. The fourth-order valence-corrected chi connectivity index (χ4v) is 2.54. The number of nitrogens with zero attached hydrogens (tertiary/aromatic N) is 2. The highest BCUT2D eigenvalue weighted by Crippen LogP contribution is 2.35. The highest BCUT2D eigenvalue weighted by atomic mass is 35.5. The van der Waals surface area contributed by atoms with Crippen molar-refractivity contribution in [3.8, 4) is 11.1 Å². The van der Waals surface area contributed by atoms with E-state index in [1.54, 1.807) is 43.3 Å². The Hall–Kier alpha value is -2.60. The third-order valence-corrected chi connectivity index (χ3v) is 3.87. The molecule has 0 bridgehead atoms. The Morgan fingerprint density at radius 2 is 1.72 bits per heavy atom. The van der Waals surface area contributed by atoms with Gasteiger partial charge < -0.3 is 5.32 Å². The second-order valence-corrected chi connectivity index (χ2v) is 5.84. The third-order valence-electron chi connectivity index (χ3n) is 3.54. The first-order chi connectivity index (χ1) is 11.8. The lowest BCUT2D eigenvalue weighted by atomic mass is 10.0. The van der Waals surface area contributed by atoms with E-state index in [1.807, 2.05) is 0 Å². The Morgan fingerprint density at radius 3 is 2.44 bits per heavy atom. The van der Waals surface area contributed by atoms with E-state index in [0.29, 0.717) is 33.3 Å². The van der Waals surface area contributed by atoms with Gasteiger partial charge in [0.1, 0.15) is 0 Å². The van der Waals surface area contributed by atoms with Gasteiger partial charge in [0.15, 0.2) is 5.82 Å². The van der Waals surface area contributed by atoms with Crippen molar-refractivity contribution in [1.82, 2.24) is 10.2 Å². The second kappa shape index (κ2) is 6.72. The van der Waals surface area contributed by atoms with Crippen LogP contribution in [0.25, 0.3) is 11.1 Å². The number of nitrogens with one attached hydrogen (secondary N) is 1. The minimum Gasteiger partial charge on any atom is -0.337 e. The first kappa shape index (κ1) is 17.2. The van der Waals surface area contributed by atoms with Crippen LogP contribution in [0.5, 0.6) is 0 Å². The maximum absolute atomic E-state index is 13.0. The van der Waals surface area contributed by atoms with Gasteiger partial charge in [-0.15, -0.1) is 5.10 Å². The van der Waals surface area contributed by atoms with Crippen LogP contribution in [0.2, 0.25) is 5.02 Å². The molecule has 3 nitrogen and oxygen atoms in total. The van der Waals surface area contributed by atoms with Crippen molar-refractivity contribution in [3.63, 3.8) is 0 Å². The fourth-order valence-electron chi connectivity index (χ4n) is 2.35. The molecule has 0 amide bonds. The number of anilines is 2. The van der Waals surface area contributed by atoms with Gasteiger partial charge in [-0.1, -0.05) is 35.9 Å². The van der Waals surface area contributed by atoms with Crippen molar-refractivity contribution >= 4 is 23.1 Å². The number of alkyl halides is 3. The number of hydrogen-bond acceptors (Lipinski definition) is 3. The summed E-state index contributed by atoms with van der Waals surface area (Å²) in [6.07, 6.45) is -4.41. The molecular weight excluding hydrogens is 351 g/mol. The van der Waals surface area contributed by atoms with E-state index in [4.69, 9.17) is 11.6 Å². The van der Waals surface area contributed by atoms with Gasteiger partial charge >= 0.3 is 6.18 Å². The average molecular weight is 364 g/mol. The van der Waals surface area contributed by atoms with Crippen LogP contribution in [-0.2, 0) is 6.18 Å². The molecule has 0 saturated carbocycles. The number of hydrogen-bond donors (Lipinski definition) is 1. The summed E-state index contributed by atoms with van der Waals surface area (Å²) < 4.78 is 39.0. The molecule has 7 heteroatoms. The minimum absolute atomic E-state index is 0.332. The van der Waals surface area contributed by atoms with E-state index >= 15 is 0 Å². The van der Waals surface area contributed by atoms with E-state index in [9.17, 15) is 13.2 Å². The summed E-state index contributed by atoms with van der Waals surface area (Å²) in [5, 5.41) is 11.6. The maximum Gasteiger partial charge on any atom is 0.416 e. The summed E-state index contributed by atoms with van der Waals surface area (Å²) >= 11 is 6.13. The predicted molar refractivity (Wildman–Crippen MR) is 91.9 cm³/mol. The van der Waals surface area contributed by atoms with Crippen molar-refractivity contribution in [1.29, 1.82) is 0 Å². The number of para-hydroxylation sites is 1. The number of halogens is 4. The molecule has 0 aliphatic rings. The third kappa shape index (κ3) is 3.91. The molecular formula is C18H13ClF3N3. The van der Waals surface area contributed by atoms with Crippen LogP contribution >= 0.6 is 11.6 Å². The number of benzene rings is 2. The summed E-state index contributed by atoms with van der Waals surface area (Å²) in [6.45, 7) is 1.73. The number of rotatable bonds is 3. The molecule has 0 radical (unpaired) electrons. The quantitative estimate of drug-likeness (QED) is 0.632. The molecule has 3 aromatic rings. The Labute approximate surface area is 147 Å². The Bertz CT molecular complexity index is 910. The van der Waals surface area contributed by atoms with E-state index in [1.165, 1.54) is 6.07 Å². The van der Waals surface area contributed by atoms with Gasteiger partial charge in [0.25, 0.3) is 0 Å². The van der Waals surface area contributed by atoms with Gasteiger partial charge in [-0.2, -0.15) is 18.3 Å². The summed E-state index contributed by atoms with van der Waals surface area (Å²) in [6, 6.07) is 13.8. The summed E-state index contributed by atoms with van der Waals surface area (Å²) in [5.41, 5.74) is 1.37. The van der Waals surface area contributed by atoms with Crippen LogP contribution in [-0.4, -0.2) is 10.2 Å². The first-order valence-electron chi connectivity index (χ1n) is 7.38. The van der Waals surface area contributed by atoms with Crippen LogP contribution in [0.1, 0.15) is 11.3 Å². The zero-order valence-corrected chi connectivity index (χ0v) is 13.9. The normalized spacial score (nSPS) is 11.4. The molecule has 128 valence electrons. The SMILES string of the molecule is Cc1cc(-c2cccc(C(F)(F)F)c2)c(Nc2ccccc2Cl)nn1. The Balaban J connectivity index is 2.08. The number of aryl methyl sites for hydroxylation is 1. The lowest BCUT2D eigenvalue weighted by Crippen LogP contribution is -2.05. The molecule has 1 N–H and O–H groups in total. The molecule has 1 heterocycles. The van der Waals surface area contributed by atoms with Crippen LogP contribution < -0.4 is 5.32 Å². The largest absolute Gasteiger partial charge is 0.416 e. The summed E-state index contributed by atoms with van der Waals surface area (Å²) in [5.74, 6) is 0.332. The lowest BCUT2D eigenvalue weighted by molar-refractivity contribution is -0.137. The van der Waals surface area contributed by atoms with Gasteiger partial charge in [0.05, 0.1) is 22.0 Å². The Morgan fingerprint density at radius 1 is 0.960 bits per heavy atom. The Kier molecular flexibility index (Phi) is 4.63. The van der Waals surface area contributed by atoms with Crippen molar-refractivity contribution in [2.24, 2.45) is 0 Å². The molecule has 3 rings (SSSR count). The first-order valence-corrected chi connectivity index (χ1v) is 7.76. The zero-order valence-electron chi connectivity index (χ0n) is 13.1. The van der Waals surface area contributed by atoms with Crippen molar-refractivity contribution in [3.05, 3.63) is 70.9 Å². The van der Waals surface area contributed by atoms with E-state index < -0.39 is 11.7 Å². The monoisotopic (exact) mass is 363 g/mol. The molecule has 25 heavy (non-hydrogen) atoms. The van der Waals surface area contributed by atoms with E-state index in [2.05, 4.69) is 15.5 Å². The second-order valence-electron chi connectivity index (χ2n) is 5.43. The van der Waals surface area contributed by atoms with Gasteiger partial charge in [0.2, 0.25) is 0 Å². The van der Waals surface area contributed by atoms with Gasteiger partial charge in [0, 0.05) is 5.56 Å². The van der Waals surface area contributed by atoms with Gasteiger partial charge in [-0.05, 0) is 42.8 Å². The summed E-state index contributed by atoms with van der Waals surface area (Å²) in [4.78, 5) is 0. The smallest absolute Gasteiger partial charge is 0.337 e. The van der Waals surface area contributed by atoms with E-state index in [-0.39, 0.29) is 0 Å². The molecule has 0 unspecified atom stereocenters. The molecule has 1 aromatic heterocycles. The van der Waals surface area contributed by atoms with Crippen LogP contribution in [0.3, 0.4) is 0 Å². The van der Waals surface area contributed by atoms with E-state index in [0.717, 1.165) is 12.1 Å². The highest BCUT2D eigenvalue weighted by molar-refractivity contribution is 6.33. The van der Waals surface area contributed by atoms with Crippen LogP contribution in [0, 0.1) is 6.92 Å². The summed E-state index contributed by atoms with van der Waals surface area (Å²) in [7, 11) is 0. The van der Waals surface area contributed by atoms with Crippen LogP contribution in [0.4, 0.5) is 24.7 Å². The van der Waals surface area contributed by atoms with Crippen molar-refractivity contribution in [2.75, 3.05) is 5.32 Å².